The van der Waals surface area contributed by atoms with Crippen LogP contribution in [0.25, 0.3) is 10.9 Å². The first kappa shape index (κ1) is 29.8. The summed E-state index contributed by atoms with van der Waals surface area (Å²) >= 11 is 5.79. The number of sulfone groups is 1. The van der Waals surface area contributed by atoms with Crippen molar-refractivity contribution in [2.45, 2.75) is 56.7 Å². The van der Waals surface area contributed by atoms with Crippen LogP contribution in [0, 0.1) is 5.82 Å². The van der Waals surface area contributed by atoms with Crippen molar-refractivity contribution < 1.29 is 36.4 Å². The number of hydrogen-bond donors (Lipinski definition) is 1. The first-order chi connectivity index (χ1) is 19.9. The third-order valence-electron chi connectivity index (χ3n) is 7.61. The van der Waals surface area contributed by atoms with E-state index in [2.05, 4.69) is 5.32 Å². The van der Waals surface area contributed by atoms with Gasteiger partial charge in [-0.1, -0.05) is 23.7 Å². The van der Waals surface area contributed by atoms with Crippen molar-refractivity contribution in [3.8, 4) is 0 Å². The number of hydrogen-bond acceptors (Lipinski definition) is 6. The molecular weight excluding hydrogens is 592 g/mol. The van der Waals surface area contributed by atoms with Crippen LogP contribution in [0.3, 0.4) is 0 Å². The quantitative estimate of drug-likeness (QED) is 0.346. The lowest BCUT2D eigenvalue weighted by Crippen LogP contribution is -2.46. The molecule has 9 nitrogen and oxygen atoms in total. The van der Waals surface area contributed by atoms with Crippen LogP contribution in [-0.2, 0) is 32.5 Å². The lowest BCUT2D eigenvalue weighted by Gasteiger charge is -2.24. The molecule has 222 valence electrons. The van der Waals surface area contributed by atoms with Crippen molar-refractivity contribution in [3.63, 3.8) is 0 Å². The number of fused-ring (bicyclic) bond motifs is 1. The molecule has 13 heteroatoms. The molecule has 2 heterocycles. The predicted octanol–water partition coefficient (Wildman–Crippen LogP) is 3.65. The molecular formula is C29H28ClF2N3O6S. The molecule has 2 amide bonds. The summed E-state index contributed by atoms with van der Waals surface area (Å²) in [6, 6.07) is 7.63. The summed E-state index contributed by atoms with van der Waals surface area (Å²) in [4.78, 5) is 52.6. The third-order valence-corrected chi connectivity index (χ3v) is 10.1. The minimum absolute atomic E-state index is 0.105. The Morgan fingerprint density at radius 3 is 2.55 bits per heavy atom. The van der Waals surface area contributed by atoms with Gasteiger partial charge in [0.05, 0.1) is 16.8 Å². The number of benzene rings is 2. The van der Waals surface area contributed by atoms with Crippen LogP contribution >= 0.6 is 11.6 Å². The van der Waals surface area contributed by atoms with E-state index in [1.165, 1.54) is 54.1 Å². The highest BCUT2D eigenvalue weighted by molar-refractivity contribution is 7.93. The first-order valence-electron chi connectivity index (χ1n) is 13.4. The van der Waals surface area contributed by atoms with E-state index < -0.39 is 56.5 Å². The Kier molecular flexibility index (Phi) is 8.21. The van der Waals surface area contributed by atoms with Crippen molar-refractivity contribution in [2.24, 2.45) is 0 Å². The Morgan fingerprint density at radius 1 is 1.12 bits per heavy atom. The van der Waals surface area contributed by atoms with Gasteiger partial charge in [0.15, 0.2) is 21.4 Å². The van der Waals surface area contributed by atoms with Crippen LogP contribution in [0.2, 0.25) is 5.02 Å². The molecule has 3 aromatic rings. The lowest BCUT2D eigenvalue weighted by atomic mass is 10.1. The second-order valence-electron chi connectivity index (χ2n) is 10.7. The fraction of sp³-hybridized carbons (Fsp3) is 0.379. The molecule has 0 unspecified atom stereocenters. The fourth-order valence-corrected chi connectivity index (χ4v) is 7.04. The van der Waals surface area contributed by atoms with E-state index in [1.807, 2.05) is 0 Å². The van der Waals surface area contributed by atoms with Gasteiger partial charge >= 0.3 is 0 Å². The number of rotatable bonds is 10. The number of carbonyl (C=O) groups is 4. The minimum atomic E-state index is -3.54. The third kappa shape index (κ3) is 6.10. The Labute approximate surface area is 245 Å². The molecule has 2 aromatic carbocycles. The van der Waals surface area contributed by atoms with E-state index in [1.54, 1.807) is 0 Å². The highest BCUT2D eigenvalue weighted by Crippen LogP contribution is 2.30. The van der Waals surface area contributed by atoms with E-state index in [0.29, 0.717) is 23.7 Å². The molecule has 2 aliphatic rings. The molecule has 2 fully saturated rings. The van der Waals surface area contributed by atoms with Crippen molar-refractivity contribution in [1.29, 1.82) is 0 Å². The number of nitrogens with zero attached hydrogens (tertiary/aromatic N) is 2. The number of Topliss-reactive ketones (excluding diaryl/α,β-unsaturated/α-hetero) is 2. The lowest BCUT2D eigenvalue weighted by molar-refractivity contribution is -0.139. The molecule has 1 aliphatic heterocycles. The van der Waals surface area contributed by atoms with E-state index in [9.17, 15) is 36.4 Å². The SMILES string of the molecule is CC(=O)c1cn(CC(=O)N2C[C@H](F)C[C@H]2C(=O)NCc2cccc(Cl)c2F)c2ccc(C(=O)CS(=O)(=O)C3CC3)cc12. The molecule has 2 atom stereocenters. The van der Waals surface area contributed by atoms with Crippen LogP contribution in [0.1, 0.15) is 52.5 Å². The van der Waals surface area contributed by atoms with Gasteiger partial charge in [0.2, 0.25) is 11.8 Å². The number of alkyl halides is 1. The van der Waals surface area contributed by atoms with Gasteiger partial charge in [0, 0.05) is 46.8 Å². The minimum Gasteiger partial charge on any atom is -0.350 e. The van der Waals surface area contributed by atoms with Crippen LogP contribution in [-0.4, -0.2) is 71.0 Å². The van der Waals surface area contributed by atoms with Gasteiger partial charge in [-0.05, 0) is 44.0 Å². The van der Waals surface area contributed by atoms with Gasteiger partial charge in [0.1, 0.15) is 30.3 Å². The summed E-state index contributed by atoms with van der Waals surface area (Å²) in [7, 11) is -3.54. The van der Waals surface area contributed by atoms with Crippen molar-refractivity contribution in [2.75, 3.05) is 12.3 Å². The van der Waals surface area contributed by atoms with Crippen molar-refractivity contribution in [1.82, 2.24) is 14.8 Å². The summed E-state index contributed by atoms with van der Waals surface area (Å²) < 4.78 is 54.8. The molecule has 0 bridgehead atoms. The largest absolute Gasteiger partial charge is 0.350 e. The maximum absolute atomic E-state index is 14.4. The number of ketones is 2. The standard InChI is InChI=1S/C29H28ClF2N3O6S/c1-16(36)22-13-34(24-8-5-17(9-21(22)24)26(37)15-42(40,41)20-6-7-20)14-27(38)35-12-19(31)10-25(35)29(39)33-11-18-3-2-4-23(30)28(18)32/h2-5,8-9,13,19-20,25H,6-7,10-12,14-15H2,1H3,(H,33,39)/t19-,25+/m1/s1. The average molecular weight is 620 g/mol. The number of carbonyl (C=O) groups excluding carboxylic acids is 4. The zero-order valence-corrected chi connectivity index (χ0v) is 24.2. The molecule has 5 rings (SSSR count). The van der Waals surface area contributed by atoms with Gasteiger partial charge in [-0.15, -0.1) is 0 Å². The van der Waals surface area contributed by atoms with Gasteiger partial charge in [0.25, 0.3) is 0 Å². The zero-order valence-electron chi connectivity index (χ0n) is 22.6. The van der Waals surface area contributed by atoms with Crippen LogP contribution < -0.4 is 5.32 Å². The molecule has 0 radical (unpaired) electrons. The number of likely N-dealkylation sites (tertiary alicyclic amines) is 1. The molecule has 1 saturated carbocycles. The highest BCUT2D eigenvalue weighted by Gasteiger charge is 2.40. The number of halogens is 3. The smallest absolute Gasteiger partial charge is 0.243 e. The Bertz CT molecular complexity index is 1720. The Morgan fingerprint density at radius 2 is 1.86 bits per heavy atom. The fourth-order valence-electron chi connectivity index (χ4n) is 5.22. The van der Waals surface area contributed by atoms with Gasteiger partial charge in [-0.2, -0.15) is 0 Å². The second kappa shape index (κ2) is 11.6. The maximum Gasteiger partial charge on any atom is 0.243 e. The van der Waals surface area contributed by atoms with Gasteiger partial charge in [-0.3, -0.25) is 19.2 Å². The molecule has 1 N–H and O–H groups in total. The number of nitrogens with one attached hydrogen (secondary N) is 1. The first-order valence-corrected chi connectivity index (χ1v) is 15.5. The monoisotopic (exact) mass is 619 g/mol. The normalized spacial score (nSPS) is 18.8. The Balaban J connectivity index is 1.34. The van der Waals surface area contributed by atoms with Gasteiger partial charge in [-0.25, -0.2) is 17.2 Å². The average Bonchev–Trinajstić information content (AvgIpc) is 3.65. The Hall–Kier alpha value is -3.64. The predicted molar refractivity (Wildman–Crippen MR) is 151 cm³/mol. The van der Waals surface area contributed by atoms with Crippen LogP contribution in [0.4, 0.5) is 8.78 Å². The van der Waals surface area contributed by atoms with Crippen LogP contribution in [0.5, 0.6) is 0 Å². The zero-order chi connectivity index (χ0) is 30.3. The molecule has 42 heavy (non-hydrogen) atoms. The summed E-state index contributed by atoms with van der Waals surface area (Å²) in [6.07, 6.45) is 0.866. The molecule has 1 aliphatic carbocycles. The van der Waals surface area contributed by atoms with E-state index >= 15 is 0 Å². The molecule has 1 saturated heterocycles. The van der Waals surface area contributed by atoms with Crippen LogP contribution in [0.15, 0.2) is 42.6 Å². The summed E-state index contributed by atoms with van der Waals surface area (Å²) in [5, 5.41) is 2.33. The highest BCUT2D eigenvalue weighted by atomic mass is 35.5. The summed E-state index contributed by atoms with van der Waals surface area (Å²) in [6.45, 7) is 0.486. The number of aromatic nitrogens is 1. The van der Waals surface area contributed by atoms with Gasteiger partial charge < -0.3 is 14.8 Å². The van der Waals surface area contributed by atoms with E-state index in [-0.39, 0.29) is 53.6 Å². The van der Waals surface area contributed by atoms with Crippen molar-refractivity contribution >= 4 is 55.7 Å². The molecule has 0 spiro atoms. The van der Waals surface area contributed by atoms with E-state index in [4.69, 9.17) is 11.6 Å². The topological polar surface area (TPSA) is 123 Å². The summed E-state index contributed by atoms with van der Waals surface area (Å²) in [5.74, 6) is -3.44. The molecule has 1 aromatic heterocycles. The second-order valence-corrected chi connectivity index (χ2v) is 13.4. The maximum atomic E-state index is 14.4. The van der Waals surface area contributed by atoms with E-state index in [0.717, 1.165) is 4.90 Å². The number of amides is 2. The van der Waals surface area contributed by atoms with Crippen molar-refractivity contribution in [3.05, 3.63) is 70.1 Å². The summed E-state index contributed by atoms with van der Waals surface area (Å²) in [5.41, 5.74) is 0.928.